The van der Waals surface area contributed by atoms with E-state index in [9.17, 15) is 13.2 Å². The molecule has 0 aliphatic heterocycles. The van der Waals surface area contributed by atoms with Crippen molar-refractivity contribution in [3.8, 4) is 0 Å². The van der Waals surface area contributed by atoms with E-state index in [0.717, 1.165) is 6.92 Å². The molecule has 0 aromatic rings. The highest BCUT2D eigenvalue weighted by molar-refractivity contribution is 4.60. The van der Waals surface area contributed by atoms with Gasteiger partial charge in [0.1, 0.15) is 0 Å². The van der Waals surface area contributed by atoms with Crippen molar-refractivity contribution in [3.63, 3.8) is 0 Å². The molecule has 0 bridgehead atoms. The molecular weight excluding hydrogens is 143 g/mol. The molecule has 1 unspecified atom stereocenters. The van der Waals surface area contributed by atoms with Crippen LogP contribution in [-0.4, -0.2) is 12.7 Å². The number of halogens is 3. The van der Waals surface area contributed by atoms with Crippen LogP contribution in [0.25, 0.3) is 0 Å². The van der Waals surface area contributed by atoms with Gasteiger partial charge in [-0.25, -0.2) is 0 Å². The third-order valence-electron chi connectivity index (χ3n) is 0.912. The van der Waals surface area contributed by atoms with Crippen molar-refractivity contribution in [3.05, 3.63) is 0 Å². The standard InChI is InChI=1S/C4H8F3N.C2H6/c1-3(2-8)4(5,6)7;1-2/h3H,2,8H2,1H3;1-2H3. The molecule has 0 saturated carbocycles. The number of hydrogen-bond acceptors (Lipinski definition) is 1. The summed E-state index contributed by atoms with van der Waals surface area (Å²) in [6, 6.07) is 0. The lowest BCUT2D eigenvalue weighted by Crippen LogP contribution is -2.27. The first-order valence-corrected chi connectivity index (χ1v) is 3.25. The summed E-state index contributed by atoms with van der Waals surface area (Å²) < 4.78 is 34.1. The highest BCUT2D eigenvalue weighted by Gasteiger charge is 2.34. The van der Waals surface area contributed by atoms with Crippen LogP contribution >= 0.6 is 0 Å². The van der Waals surface area contributed by atoms with Crippen LogP contribution in [0, 0.1) is 5.92 Å². The number of rotatable bonds is 1. The lowest BCUT2D eigenvalue weighted by molar-refractivity contribution is -0.166. The maximum atomic E-state index is 11.4. The molecule has 0 amide bonds. The summed E-state index contributed by atoms with van der Waals surface area (Å²) in [6.07, 6.45) is -4.12. The molecule has 0 aromatic heterocycles. The smallest absolute Gasteiger partial charge is 0.330 e. The quantitative estimate of drug-likeness (QED) is 0.620. The Bertz CT molecular complexity index is 69.9. The van der Waals surface area contributed by atoms with Gasteiger partial charge in [0.05, 0.1) is 5.92 Å². The van der Waals surface area contributed by atoms with Crippen molar-refractivity contribution in [2.45, 2.75) is 26.9 Å². The highest BCUT2D eigenvalue weighted by atomic mass is 19.4. The first-order valence-electron chi connectivity index (χ1n) is 3.25. The molecule has 0 radical (unpaired) electrons. The van der Waals surface area contributed by atoms with Gasteiger partial charge in [-0.3, -0.25) is 0 Å². The lowest BCUT2D eigenvalue weighted by Gasteiger charge is -2.11. The number of hydrogen-bond donors (Lipinski definition) is 1. The first kappa shape index (κ1) is 12.4. The van der Waals surface area contributed by atoms with Gasteiger partial charge in [-0.15, -0.1) is 0 Å². The molecule has 2 N–H and O–H groups in total. The van der Waals surface area contributed by atoms with E-state index in [1.165, 1.54) is 0 Å². The van der Waals surface area contributed by atoms with Crippen molar-refractivity contribution < 1.29 is 13.2 Å². The zero-order chi connectivity index (χ0) is 8.78. The molecule has 0 aromatic carbocycles. The molecule has 0 fully saturated rings. The maximum Gasteiger partial charge on any atom is 0.392 e. The molecule has 4 heteroatoms. The van der Waals surface area contributed by atoms with Crippen LogP contribution in [-0.2, 0) is 0 Å². The summed E-state index contributed by atoms with van der Waals surface area (Å²) in [5.41, 5.74) is 4.74. The number of nitrogens with two attached hydrogens (primary N) is 1. The molecule has 64 valence electrons. The minimum absolute atomic E-state index is 0.330. The predicted molar refractivity (Wildman–Crippen MR) is 35.6 cm³/mol. The van der Waals surface area contributed by atoms with Gasteiger partial charge in [0, 0.05) is 6.54 Å². The average Bonchev–Trinajstić information content (AvgIpc) is 1.89. The largest absolute Gasteiger partial charge is 0.392 e. The molecule has 0 heterocycles. The molecular formula is C6H14F3N. The fraction of sp³-hybridized carbons (Fsp3) is 1.00. The topological polar surface area (TPSA) is 26.0 Å². The second kappa shape index (κ2) is 5.53. The Hall–Kier alpha value is -0.250. The average molecular weight is 157 g/mol. The summed E-state index contributed by atoms with van der Waals surface area (Å²) >= 11 is 0. The van der Waals surface area contributed by atoms with Crippen LogP contribution in [0.3, 0.4) is 0 Å². The predicted octanol–water partition coefficient (Wildman–Crippen LogP) is 2.17. The van der Waals surface area contributed by atoms with Crippen LogP contribution in [0.4, 0.5) is 13.2 Å². The second-order valence-electron chi connectivity index (χ2n) is 1.68. The van der Waals surface area contributed by atoms with Gasteiger partial charge in [0.15, 0.2) is 0 Å². The van der Waals surface area contributed by atoms with Crippen molar-refractivity contribution in [1.82, 2.24) is 0 Å². The molecule has 0 rings (SSSR count). The molecule has 1 nitrogen and oxygen atoms in total. The highest BCUT2D eigenvalue weighted by Crippen LogP contribution is 2.23. The monoisotopic (exact) mass is 157 g/mol. The van der Waals surface area contributed by atoms with Crippen molar-refractivity contribution in [2.75, 3.05) is 6.54 Å². The molecule has 0 spiro atoms. The zero-order valence-corrected chi connectivity index (χ0v) is 6.50. The van der Waals surface area contributed by atoms with E-state index < -0.39 is 12.1 Å². The van der Waals surface area contributed by atoms with E-state index in [4.69, 9.17) is 5.73 Å². The van der Waals surface area contributed by atoms with E-state index in [-0.39, 0.29) is 6.54 Å². The summed E-state index contributed by atoms with van der Waals surface area (Å²) in [6.45, 7) is 4.73. The lowest BCUT2D eigenvalue weighted by atomic mass is 10.2. The summed E-state index contributed by atoms with van der Waals surface area (Å²) in [7, 11) is 0. The third-order valence-corrected chi connectivity index (χ3v) is 0.912. The zero-order valence-electron chi connectivity index (χ0n) is 6.50. The molecule has 0 saturated heterocycles. The Labute approximate surface area is 59.4 Å². The van der Waals surface area contributed by atoms with E-state index in [1.54, 1.807) is 0 Å². The molecule has 1 atom stereocenters. The van der Waals surface area contributed by atoms with Gasteiger partial charge in [0.2, 0.25) is 0 Å². The SMILES string of the molecule is CC.CC(CN)C(F)(F)F. The summed E-state index contributed by atoms with van der Waals surface area (Å²) in [5.74, 6) is -1.37. The van der Waals surface area contributed by atoms with Crippen molar-refractivity contribution in [2.24, 2.45) is 11.7 Å². The minimum atomic E-state index is -4.12. The fourth-order valence-electron chi connectivity index (χ4n) is 0.134. The minimum Gasteiger partial charge on any atom is -0.330 e. The van der Waals surface area contributed by atoms with Crippen molar-refractivity contribution in [1.29, 1.82) is 0 Å². The van der Waals surface area contributed by atoms with Crippen LogP contribution in [0.15, 0.2) is 0 Å². The Morgan fingerprint density at radius 2 is 1.60 bits per heavy atom. The molecule has 0 aliphatic carbocycles. The Morgan fingerprint density at radius 3 is 1.60 bits per heavy atom. The first-order chi connectivity index (χ1) is 4.48. The molecule has 10 heavy (non-hydrogen) atoms. The van der Waals surface area contributed by atoms with E-state index in [0.29, 0.717) is 0 Å². The third kappa shape index (κ3) is 5.88. The Balaban J connectivity index is 0. The van der Waals surface area contributed by atoms with E-state index >= 15 is 0 Å². The van der Waals surface area contributed by atoms with Gasteiger partial charge in [0.25, 0.3) is 0 Å². The van der Waals surface area contributed by atoms with Crippen LogP contribution in [0.5, 0.6) is 0 Å². The Kier molecular flexibility index (Phi) is 6.87. The summed E-state index contributed by atoms with van der Waals surface area (Å²) in [4.78, 5) is 0. The maximum absolute atomic E-state index is 11.4. The van der Waals surface area contributed by atoms with E-state index in [1.807, 2.05) is 13.8 Å². The van der Waals surface area contributed by atoms with E-state index in [2.05, 4.69) is 0 Å². The van der Waals surface area contributed by atoms with Gasteiger partial charge < -0.3 is 5.73 Å². The fourth-order valence-corrected chi connectivity index (χ4v) is 0.134. The normalized spacial score (nSPS) is 13.5. The van der Waals surface area contributed by atoms with Gasteiger partial charge in [-0.05, 0) is 0 Å². The summed E-state index contributed by atoms with van der Waals surface area (Å²) in [5, 5.41) is 0. The van der Waals surface area contributed by atoms with Crippen LogP contribution < -0.4 is 5.73 Å². The van der Waals surface area contributed by atoms with Crippen LogP contribution in [0.2, 0.25) is 0 Å². The van der Waals surface area contributed by atoms with Crippen LogP contribution in [0.1, 0.15) is 20.8 Å². The number of alkyl halides is 3. The van der Waals surface area contributed by atoms with Gasteiger partial charge in [-0.2, -0.15) is 13.2 Å². The van der Waals surface area contributed by atoms with Gasteiger partial charge in [-0.1, -0.05) is 20.8 Å². The molecule has 0 aliphatic rings. The van der Waals surface area contributed by atoms with Crippen molar-refractivity contribution >= 4 is 0 Å². The van der Waals surface area contributed by atoms with Gasteiger partial charge >= 0.3 is 6.18 Å². The Morgan fingerprint density at radius 1 is 1.30 bits per heavy atom. The second-order valence-corrected chi connectivity index (χ2v) is 1.68.